The van der Waals surface area contributed by atoms with Crippen LogP contribution in [0.4, 0.5) is 0 Å². The molecule has 0 N–H and O–H groups in total. The minimum Gasteiger partial charge on any atom is -0.497 e. The number of methoxy groups -OCH3 is 2. The number of fused-ring (bicyclic) bond motifs is 1. The van der Waals surface area contributed by atoms with Crippen molar-refractivity contribution in [2.75, 3.05) is 40.9 Å². The fraction of sp³-hybridized carbons (Fsp3) is 0.567. The number of likely N-dealkylation sites (tertiary alicyclic amines) is 1. The van der Waals surface area contributed by atoms with E-state index in [9.17, 15) is 4.79 Å². The number of hydrogen-bond donors (Lipinski definition) is 0. The molecule has 2 saturated carbocycles. The molecule has 2 aromatic carbocycles. The minimum absolute atomic E-state index is 0.0975. The van der Waals surface area contributed by atoms with Gasteiger partial charge in [0.2, 0.25) is 5.91 Å². The molecule has 3 unspecified atom stereocenters. The van der Waals surface area contributed by atoms with Crippen LogP contribution in [0.15, 0.2) is 42.5 Å². The van der Waals surface area contributed by atoms with E-state index in [1.807, 2.05) is 31.2 Å². The number of piperidine rings is 1. The molecule has 0 spiro atoms. The summed E-state index contributed by atoms with van der Waals surface area (Å²) in [6.45, 7) is 3.15. The molecule has 2 aromatic rings. The van der Waals surface area contributed by atoms with Crippen molar-refractivity contribution in [2.24, 2.45) is 5.92 Å². The summed E-state index contributed by atoms with van der Waals surface area (Å²) in [5.41, 5.74) is 1.65. The lowest BCUT2D eigenvalue weighted by Gasteiger charge is -2.60. The molecule has 0 radical (unpaired) electrons. The van der Waals surface area contributed by atoms with Gasteiger partial charge in [0.15, 0.2) is 0 Å². The zero-order valence-corrected chi connectivity index (χ0v) is 23.7. The quantitative estimate of drug-likeness (QED) is 0.409. The first kappa shape index (κ1) is 26.8. The number of ether oxygens (including phenoxy) is 2. The second-order valence-corrected chi connectivity index (χ2v) is 12.1. The maximum absolute atomic E-state index is 13.4. The third kappa shape index (κ3) is 5.25. The third-order valence-corrected chi connectivity index (χ3v) is 9.92. The Bertz CT molecular complexity index is 1140. The first-order valence-electron chi connectivity index (χ1n) is 13.4. The number of rotatable bonds is 8. The van der Waals surface area contributed by atoms with Crippen LogP contribution in [0.2, 0.25) is 10.0 Å². The molecule has 5 nitrogen and oxygen atoms in total. The maximum atomic E-state index is 13.4. The van der Waals surface area contributed by atoms with Crippen molar-refractivity contribution in [2.45, 2.75) is 62.0 Å². The van der Waals surface area contributed by atoms with Crippen molar-refractivity contribution >= 4 is 29.1 Å². The fourth-order valence-corrected chi connectivity index (χ4v) is 7.11. The van der Waals surface area contributed by atoms with Gasteiger partial charge in [0.1, 0.15) is 5.75 Å². The van der Waals surface area contributed by atoms with Crippen molar-refractivity contribution in [3.05, 3.63) is 63.6 Å². The molecular formula is C30H38Cl2N2O3. The molecular weight excluding hydrogens is 507 g/mol. The lowest BCUT2D eigenvalue weighted by Crippen LogP contribution is -2.68. The number of carbonyl (C=O) groups is 1. The molecule has 200 valence electrons. The molecule has 3 atom stereocenters. The zero-order valence-electron chi connectivity index (χ0n) is 22.1. The highest BCUT2D eigenvalue weighted by molar-refractivity contribution is 6.42. The first-order valence-corrected chi connectivity index (χ1v) is 14.2. The summed E-state index contributed by atoms with van der Waals surface area (Å²) in [6.07, 6.45) is 6.72. The van der Waals surface area contributed by atoms with E-state index in [0.29, 0.717) is 16.5 Å². The largest absolute Gasteiger partial charge is 0.497 e. The van der Waals surface area contributed by atoms with Gasteiger partial charge < -0.3 is 19.3 Å². The summed E-state index contributed by atoms with van der Waals surface area (Å²) in [5, 5.41) is 0.981. The summed E-state index contributed by atoms with van der Waals surface area (Å²) in [5.74, 6) is 1.81. The van der Waals surface area contributed by atoms with E-state index in [0.717, 1.165) is 56.0 Å². The van der Waals surface area contributed by atoms with Crippen molar-refractivity contribution in [3.8, 4) is 5.75 Å². The summed E-state index contributed by atoms with van der Waals surface area (Å²) < 4.78 is 12.2. The van der Waals surface area contributed by atoms with Crippen LogP contribution in [0.1, 0.15) is 49.7 Å². The number of carbonyl (C=O) groups excluding carboxylic acids is 1. The number of halogens is 2. The normalized spacial score (nSPS) is 28.0. The van der Waals surface area contributed by atoms with Gasteiger partial charge in [-0.15, -0.1) is 0 Å². The average Bonchev–Trinajstić information content (AvgIpc) is 3.74. The minimum atomic E-state index is -0.295. The summed E-state index contributed by atoms with van der Waals surface area (Å²) in [6, 6.07) is 14.1. The molecule has 2 aliphatic carbocycles. The van der Waals surface area contributed by atoms with E-state index >= 15 is 0 Å². The zero-order chi connectivity index (χ0) is 26.2. The Hall–Kier alpha value is -1.79. The van der Waals surface area contributed by atoms with Gasteiger partial charge in [-0.1, -0.05) is 41.4 Å². The second-order valence-electron chi connectivity index (χ2n) is 11.3. The Morgan fingerprint density at radius 1 is 1.08 bits per heavy atom. The average molecular weight is 546 g/mol. The smallest absolute Gasteiger partial charge is 0.226 e. The molecule has 1 amide bonds. The first-order chi connectivity index (χ1) is 17.8. The van der Waals surface area contributed by atoms with Crippen LogP contribution in [0, 0.1) is 5.92 Å². The van der Waals surface area contributed by atoms with Crippen LogP contribution in [-0.4, -0.2) is 68.3 Å². The lowest BCUT2D eigenvalue weighted by molar-refractivity contribution is -0.160. The van der Waals surface area contributed by atoms with Crippen LogP contribution in [0.3, 0.4) is 0 Å². The van der Waals surface area contributed by atoms with E-state index in [1.165, 1.54) is 24.9 Å². The molecule has 1 aliphatic heterocycles. The molecule has 37 heavy (non-hydrogen) atoms. The Morgan fingerprint density at radius 3 is 2.59 bits per heavy atom. The summed E-state index contributed by atoms with van der Waals surface area (Å²) >= 11 is 12.3. The van der Waals surface area contributed by atoms with Gasteiger partial charge in [0.05, 0.1) is 29.2 Å². The molecule has 1 heterocycles. The molecule has 5 rings (SSSR count). The second kappa shape index (κ2) is 10.8. The van der Waals surface area contributed by atoms with Crippen molar-refractivity contribution in [3.63, 3.8) is 0 Å². The van der Waals surface area contributed by atoms with Gasteiger partial charge in [-0.3, -0.25) is 4.79 Å². The van der Waals surface area contributed by atoms with E-state index in [-0.39, 0.29) is 23.0 Å². The molecule has 3 aliphatic rings. The van der Waals surface area contributed by atoms with E-state index in [1.54, 1.807) is 19.2 Å². The Labute approximate surface area is 231 Å². The number of likely N-dealkylation sites (N-methyl/N-ethyl adjacent to an activating group) is 1. The lowest BCUT2D eigenvalue weighted by atomic mass is 9.55. The van der Waals surface area contributed by atoms with E-state index < -0.39 is 0 Å². The maximum Gasteiger partial charge on any atom is 0.226 e. The number of hydrogen-bond acceptors (Lipinski definition) is 4. The highest BCUT2D eigenvalue weighted by Gasteiger charge is 2.59. The number of nitrogens with zero attached hydrogens (tertiary/aromatic N) is 2. The van der Waals surface area contributed by atoms with Crippen LogP contribution in [0.5, 0.6) is 5.75 Å². The Morgan fingerprint density at radius 2 is 1.89 bits per heavy atom. The molecule has 0 bridgehead atoms. The van der Waals surface area contributed by atoms with Gasteiger partial charge in [-0.2, -0.15) is 0 Å². The molecule has 1 saturated heterocycles. The van der Waals surface area contributed by atoms with Crippen LogP contribution in [0.25, 0.3) is 0 Å². The van der Waals surface area contributed by atoms with E-state index in [4.69, 9.17) is 32.7 Å². The summed E-state index contributed by atoms with van der Waals surface area (Å²) in [7, 11) is 5.55. The van der Waals surface area contributed by atoms with Gasteiger partial charge in [-0.25, -0.2) is 0 Å². The van der Waals surface area contributed by atoms with Crippen LogP contribution >= 0.6 is 23.2 Å². The SMILES string of the molecule is COc1cccc(C23CCN(CC4CC4)CC2(OC)CCC(N(C)C(=O)Cc2ccc(Cl)c(Cl)c2)C3)c1. The fourth-order valence-electron chi connectivity index (χ4n) is 6.79. The van der Waals surface area contributed by atoms with Gasteiger partial charge in [0, 0.05) is 38.7 Å². The molecule has 7 heteroatoms. The predicted molar refractivity (Wildman–Crippen MR) is 149 cm³/mol. The Kier molecular flexibility index (Phi) is 7.80. The number of benzene rings is 2. The van der Waals surface area contributed by atoms with Gasteiger partial charge >= 0.3 is 0 Å². The highest BCUT2D eigenvalue weighted by atomic mass is 35.5. The Balaban J connectivity index is 1.42. The standard InChI is InChI=1S/C30H38Cl2N2O3/c1-33(28(35)16-22-9-10-26(31)27(32)15-22)24-11-12-30(37-3)20-34(19-21-7-8-21)14-13-29(30,18-24)23-5-4-6-25(17-23)36-2/h4-6,9-10,15,17,21,24H,7-8,11-14,16,18-20H2,1-3H3. The van der Waals surface area contributed by atoms with Crippen LogP contribution < -0.4 is 4.74 Å². The van der Waals surface area contributed by atoms with Crippen molar-refractivity contribution in [1.29, 1.82) is 0 Å². The molecule has 0 aromatic heterocycles. The van der Waals surface area contributed by atoms with Gasteiger partial charge in [0.25, 0.3) is 0 Å². The monoisotopic (exact) mass is 544 g/mol. The van der Waals surface area contributed by atoms with Crippen LogP contribution in [-0.2, 0) is 21.4 Å². The summed E-state index contributed by atoms with van der Waals surface area (Å²) in [4.78, 5) is 18.0. The van der Waals surface area contributed by atoms with E-state index in [2.05, 4.69) is 23.1 Å². The van der Waals surface area contributed by atoms with Crippen molar-refractivity contribution in [1.82, 2.24) is 9.80 Å². The van der Waals surface area contributed by atoms with Gasteiger partial charge in [-0.05, 0) is 86.4 Å². The third-order valence-electron chi connectivity index (χ3n) is 9.18. The molecule has 3 fully saturated rings. The predicted octanol–water partition coefficient (Wildman–Crippen LogP) is 5.99. The highest BCUT2D eigenvalue weighted by Crippen LogP contribution is 2.54. The van der Waals surface area contributed by atoms with Crippen molar-refractivity contribution < 1.29 is 14.3 Å². The number of amides is 1. The topological polar surface area (TPSA) is 42.0 Å².